The van der Waals surface area contributed by atoms with Gasteiger partial charge in [0.25, 0.3) is 5.91 Å². The molecule has 128 valence electrons. The third kappa shape index (κ3) is 2.90. The van der Waals surface area contributed by atoms with Crippen LogP contribution in [0.3, 0.4) is 0 Å². The first-order chi connectivity index (χ1) is 12.6. The number of rotatable bonds is 3. The minimum Gasteiger partial charge on any atom is -0.322 e. The van der Waals surface area contributed by atoms with Crippen LogP contribution in [-0.4, -0.2) is 20.3 Å². The number of imidazole rings is 1. The summed E-state index contributed by atoms with van der Waals surface area (Å²) in [6, 6.07) is 11.9. The number of nitrogens with zero attached hydrogens (tertiary/aromatic N) is 3. The molecule has 0 saturated carbocycles. The number of carbonyl (C=O) groups excluding carboxylic acids is 1. The number of carbonyl (C=O) groups is 1. The van der Waals surface area contributed by atoms with Gasteiger partial charge in [-0.25, -0.2) is 18.7 Å². The van der Waals surface area contributed by atoms with Crippen molar-refractivity contribution in [1.29, 1.82) is 0 Å². The SMILES string of the molecule is O=C(Nc1ccc(-c2cn3cccnc3n2)cc1)c1c(F)cccc1F. The Morgan fingerprint density at radius 3 is 2.42 bits per heavy atom. The molecule has 1 N–H and O–H groups in total. The van der Waals surface area contributed by atoms with Crippen molar-refractivity contribution in [1.82, 2.24) is 14.4 Å². The van der Waals surface area contributed by atoms with Crippen molar-refractivity contribution in [2.24, 2.45) is 0 Å². The van der Waals surface area contributed by atoms with E-state index in [0.29, 0.717) is 11.5 Å². The standard InChI is InChI=1S/C19H12F2N4O/c20-14-3-1-4-15(21)17(14)18(26)23-13-7-5-12(6-8-13)16-11-25-10-2-9-22-19(25)24-16/h1-11H,(H,23,26). The molecule has 0 spiro atoms. The Balaban J connectivity index is 1.57. The molecular formula is C19H12F2N4O. The average Bonchev–Trinajstić information content (AvgIpc) is 3.06. The van der Waals surface area contributed by atoms with Gasteiger partial charge in [-0.15, -0.1) is 0 Å². The highest BCUT2D eigenvalue weighted by molar-refractivity contribution is 6.04. The minimum atomic E-state index is -0.906. The summed E-state index contributed by atoms with van der Waals surface area (Å²) in [4.78, 5) is 20.7. The zero-order chi connectivity index (χ0) is 18.1. The van der Waals surface area contributed by atoms with E-state index in [0.717, 1.165) is 23.4 Å². The van der Waals surface area contributed by atoms with Crippen molar-refractivity contribution in [2.45, 2.75) is 0 Å². The summed E-state index contributed by atoms with van der Waals surface area (Å²) >= 11 is 0. The third-order valence-electron chi connectivity index (χ3n) is 3.86. The molecule has 4 rings (SSSR count). The highest BCUT2D eigenvalue weighted by Crippen LogP contribution is 2.22. The molecule has 0 atom stereocenters. The number of hydrogen-bond acceptors (Lipinski definition) is 3. The molecule has 1 amide bonds. The molecule has 26 heavy (non-hydrogen) atoms. The minimum absolute atomic E-state index is 0.420. The molecule has 0 bridgehead atoms. The van der Waals surface area contributed by atoms with E-state index in [4.69, 9.17) is 0 Å². The molecule has 0 radical (unpaired) electrons. The highest BCUT2D eigenvalue weighted by Gasteiger charge is 2.17. The predicted molar refractivity (Wildman–Crippen MR) is 92.7 cm³/mol. The number of halogens is 2. The number of anilines is 1. The summed E-state index contributed by atoms with van der Waals surface area (Å²) < 4.78 is 29.1. The van der Waals surface area contributed by atoms with Crippen molar-refractivity contribution in [3.63, 3.8) is 0 Å². The monoisotopic (exact) mass is 350 g/mol. The van der Waals surface area contributed by atoms with Crippen LogP contribution in [0.5, 0.6) is 0 Å². The van der Waals surface area contributed by atoms with Crippen LogP contribution in [0.15, 0.2) is 67.1 Å². The first-order valence-electron chi connectivity index (χ1n) is 7.77. The van der Waals surface area contributed by atoms with Gasteiger partial charge in [0.1, 0.15) is 17.2 Å². The van der Waals surface area contributed by atoms with Crippen molar-refractivity contribution < 1.29 is 13.6 Å². The van der Waals surface area contributed by atoms with Crippen LogP contribution in [0.4, 0.5) is 14.5 Å². The molecule has 2 heterocycles. The molecule has 0 saturated heterocycles. The maximum atomic E-state index is 13.7. The van der Waals surface area contributed by atoms with Gasteiger partial charge < -0.3 is 5.32 Å². The van der Waals surface area contributed by atoms with Gasteiger partial charge in [-0.05, 0) is 30.3 Å². The number of aromatic nitrogens is 3. The van der Waals surface area contributed by atoms with Crippen molar-refractivity contribution in [3.8, 4) is 11.3 Å². The van der Waals surface area contributed by atoms with Gasteiger partial charge in [0.05, 0.1) is 5.69 Å². The van der Waals surface area contributed by atoms with Gasteiger partial charge in [-0.2, -0.15) is 0 Å². The van der Waals surface area contributed by atoms with Gasteiger partial charge in [0, 0.05) is 29.8 Å². The molecule has 0 aliphatic heterocycles. The molecule has 0 aliphatic rings. The zero-order valence-corrected chi connectivity index (χ0v) is 13.4. The number of fused-ring (bicyclic) bond motifs is 1. The topological polar surface area (TPSA) is 59.3 Å². The van der Waals surface area contributed by atoms with E-state index in [-0.39, 0.29) is 0 Å². The molecule has 0 unspecified atom stereocenters. The fourth-order valence-electron chi connectivity index (χ4n) is 2.60. The van der Waals surface area contributed by atoms with E-state index in [1.165, 1.54) is 6.07 Å². The number of hydrogen-bond donors (Lipinski definition) is 1. The van der Waals surface area contributed by atoms with Gasteiger partial charge in [-0.1, -0.05) is 18.2 Å². The summed E-state index contributed by atoms with van der Waals surface area (Å²) in [7, 11) is 0. The van der Waals surface area contributed by atoms with Crippen LogP contribution < -0.4 is 5.32 Å². The summed E-state index contributed by atoms with van der Waals surface area (Å²) in [5, 5.41) is 2.49. The van der Waals surface area contributed by atoms with E-state index < -0.39 is 23.1 Å². The molecule has 2 aromatic heterocycles. The van der Waals surface area contributed by atoms with Gasteiger partial charge in [0.15, 0.2) is 0 Å². The van der Waals surface area contributed by atoms with Crippen molar-refractivity contribution >= 4 is 17.4 Å². The van der Waals surface area contributed by atoms with Crippen LogP contribution in [0.25, 0.3) is 17.0 Å². The maximum absolute atomic E-state index is 13.7. The van der Waals surface area contributed by atoms with Crippen molar-refractivity contribution in [3.05, 3.63) is 84.3 Å². The largest absolute Gasteiger partial charge is 0.322 e. The summed E-state index contributed by atoms with van der Waals surface area (Å²) in [6.45, 7) is 0. The Morgan fingerprint density at radius 2 is 1.73 bits per heavy atom. The van der Waals surface area contributed by atoms with E-state index in [1.807, 2.05) is 12.4 Å². The molecule has 0 fully saturated rings. The number of amides is 1. The first kappa shape index (κ1) is 15.9. The Bertz CT molecular complexity index is 1050. The lowest BCUT2D eigenvalue weighted by Gasteiger charge is -2.07. The van der Waals surface area contributed by atoms with Crippen LogP contribution in [0.2, 0.25) is 0 Å². The van der Waals surface area contributed by atoms with Crippen LogP contribution in [0.1, 0.15) is 10.4 Å². The van der Waals surface area contributed by atoms with E-state index >= 15 is 0 Å². The highest BCUT2D eigenvalue weighted by atomic mass is 19.1. The number of benzene rings is 2. The quantitative estimate of drug-likeness (QED) is 0.609. The molecule has 7 heteroatoms. The van der Waals surface area contributed by atoms with Gasteiger partial charge >= 0.3 is 0 Å². The lowest BCUT2D eigenvalue weighted by Crippen LogP contribution is -2.15. The smallest absolute Gasteiger partial charge is 0.261 e. The van der Waals surface area contributed by atoms with E-state index in [2.05, 4.69) is 15.3 Å². The Labute approximate surface area is 147 Å². The second-order valence-electron chi connectivity index (χ2n) is 5.58. The molecular weight excluding hydrogens is 338 g/mol. The van der Waals surface area contributed by atoms with E-state index in [1.54, 1.807) is 40.9 Å². The first-order valence-corrected chi connectivity index (χ1v) is 7.77. The molecule has 4 aromatic rings. The Hall–Kier alpha value is -3.61. The molecule has 0 aliphatic carbocycles. The zero-order valence-electron chi connectivity index (χ0n) is 13.4. The second-order valence-corrected chi connectivity index (χ2v) is 5.58. The normalized spacial score (nSPS) is 10.8. The third-order valence-corrected chi connectivity index (χ3v) is 3.86. The number of nitrogens with one attached hydrogen (secondary N) is 1. The lowest BCUT2D eigenvalue weighted by molar-refractivity contribution is 0.101. The predicted octanol–water partition coefficient (Wildman–Crippen LogP) is 3.93. The summed E-state index contributed by atoms with van der Waals surface area (Å²) in [6.07, 6.45) is 5.34. The summed E-state index contributed by atoms with van der Waals surface area (Å²) in [5.41, 5.74) is 1.36. The Kier molecular flexibility index (Phi) is 3.89. The lowest BCUT2D eigenvalue weighted by atomic mass is 10.1. The van der Waals surface area contributed by atoms with Crippen LogP contribution >= 0.6 is 0 Å². The fraction of sp³-hybridized carbons (Fsp3) is 0. The van der Waals surface area contributed by atoms with Crippen molar-refractivity contribution in [2.75, 3.05) is 5.32 Å². The van der Waals surface area contributed by atoms with Crippen LogP contribution in [0, 0.1) is 11.6 Å². The average molecular weight is 350 g/mol. The van der Waals surface area contributed by atoms with E-state index in [9.17, 15) is 13.6 Å². The second kappa shape index (κ2) is 6.36. The molecule has 2 aromatic carbocycles. The maximum Gasteiger partial charge on any atom is 0.261 e. The summed E-state index contributed by atoms with van der Waals surface area (Å²) in [5.74, 6) is -2.08. The van der Waals surface area contributed by atoms with Crippen LogP contribution in [-0.2, 0) is 0 Å². The Morgan fingerprint density at radius 1 is 1.00 bits per heavy atom. The van der Waals surface area contributed by atoms with Gasteiger partial charge in [0.2, 0.25) is 5.78 Å². The fourth-order valence-corrected chi connectivity index (χ4v) is 2.60. The van der Waals surface area contributed by atoms with Gasteiger partial charge in [-0.3, -0.25) is 9.20 Å². The molecule has 5 nitrogen and oxygen atoms in total.